The summed E-state index contributed by atoms with van der Waals surface area (Å²) in [5, 5.41) is 3.84. The molecule has 2 rings (SSSR count). The molecule has 0 radical (unpaired) electrons. The molecule has 23 heavy (non-hydrogen) atoms. The minimum Gasteiger partial charge on any atom is -0.491 e. The summed E-state index contributed by atoms with van der Waals surface area (Å²) < 4.78 is 11.1. The maximum absolute atomic E-state index is 5.74. The molecule has 0 fully saturated rings. The third kappa shape index (κ3) is 6.30. The number of amidine groups is 1. The highest BCUT2D eigenvalue weighted by Crippen LogP contribution is 2.14. The normalized spacial score (nSPS) is 11.3. The molecule has 2 N–H and O–H groups in total. The van der Waals surface area contributed by atoms with E-state index in [0.717, 1.165) is 17.1 Å². The first-order valence-corrected chi connectivity index (χ1v) is 7.51. The largest absolute Gasteiger partial charge is 0.491 e. The second-order valence-electron chi connectivity index (χ2n) is 5.27. The molecule has 0 saturated carbocycles. The van der Waals surface area contributed by atoms with Gasteiger partial charge in [0, 0.05) is 0 Å². The van der Waals surface area contributed by atoms with Crippen molar-refractivity contribution in [2.45, 2.75) is 26.6 Å². The monoisotopic (exact) mass is 314 g/mol. The lowest BCUT2D eigenvalue weighted by molar-refractivity contribution is 0.128. The Bertz CT molecular complexity index is 610. The van der Waals surface area contributed by atoms with Crippen LogP contribution in [0.2, 0.25) is 0 Å². The molecule has 0 atom stereocenters. The van der Waals surface area contributed by atoms with E-state index < -0.39 is 0 Å². The molecule has 2 aromatic carbocycles. The van der Waals surface area contributed by atoms with Gasteiger partial charge in [0.15, 0.2) is 5.84 Å². The summed E-state index contributed by atoms with van der Waals surface area (Å²) in [5.74, 6) is 1.86. The topological polar surface area (TPSA) is 66.1 Å². The van der Waals surface area contributed by atoms with E-state index in [0.29, 0.717) is 6.61 Å². The highest BCUT2D eigenvalue weighted by atomic mass is 16.6. The van der Waals surface area contributed by atoms with Crippen LogP contribution >= 0.6 is 0 Å². The van der Waals surface area contributed by atoms with Crippen molar-refractivity contribution in [2.24, 2.45) is 10.9 Å². The Morgan fingerprint density at radius 3 is 2.35 bits per heavy atom. The van der Waals surface area contributed by atoms with Crippen molar-refractivity contribution in [2.75, 3.05) is 6.61 Å². The summed E-state index contributed by atoms with van der Waals surface area (Å²) in [7, 11) is 0. The number of oxime groups is 1. The van der Waals surface area contributed by atoms with E-state index in [-0.39, 0.29) is 18.5 Å². The Labute approximate surface area is 136 Å². The second kappa shape index (κ2) is 8.68. The van der Waals surface area contributed by atoms with Crippen LogP contribution in [0.15, 0.2) is 59.8 Å². The van der Waals surface area contributed by atoms with Crippen LogP contribution in [0.5, 0.6) is 11.5 Å². The maximum atomic E-state index is 5.74. The molecule has 0 unspecified atom stereocenters. The molecule has 5 heteroatoms. The van der Waals surface area contributed by atoms with Crippen molar-refractivity contribution < 1.29 is 14.3 Å². The molecular weight excluding hydrogens is 292 g/mol. The average molecular weight is 314 g/mol. The highest BCUT2D eigenvalue weighted by Gasteiger charge is 2.00. The third-order valence-corrected chi connectivity index (χ3v) is 2.84. The minimum absolute atomic E-state index is 0.158. The van der Waals surface area contributed by atoms with E-state index in [1.807, 2.05) is 68.4 Å². The van der Waals surface area contributed by atoms with Crippen LogP contribution in [0.3, 0.4) is 0 Å². The van der Waals surface area contributed by atoms with Crippen molar-refractivity contribution in [1.29, 1.82) is 0 Å². The van der Waals surface area contributed by atoms with Crippen molar-refractivity contribution in [3.63, 3.8) is 0 Å². The number of para-hydroxylation sites is 1. The molecule has 0 aliphatic rings. The van der Waals surface area contributed by atoms with Gasteiger partial charge in [0.1, 0.15) is 24.7 Å². The Kier molecular flexibility index (Phi) is 6.29. The molecule has 0 aliphatic heterocycles. The van der Waals surface area contributed by atoms with E-state index in [9.17, 15) is 0 Å². The standard InChI is InChI=1S/C18H22N2O3/c1-14(2)23-17-10-8-15(9-11-17)12-22-20-18(19)13-21-16-6-4-3-5-7-16/h3-11,14H,12-13H2,1-2H3,(H2,19,20). The van der Waals surface area contributed by atoms with Crippen LogP contribution in [0, 0.1) is 0 Å². The predicted octanol–water partition coefficient (Wildman–Crippen LogP) is 3.34. The van der Waals surface area contributed by atoms with Gasteiger partial charge in [-0.25, -0.2) is 0 Å². The first-order valence-electron chi connectivity index (χ1n) is 7.51. The van der Waals surface area contributed by atoms with E-state index in [4.69, 9.17) is 20.0 Å². The van der Waals surface area contributed by atoms with E-state index in [1.54, 1.807) is 0 Å². The minimum atomic E-state index is 0.158. The van der Waals surface area contributed by atoms with E-state index in [1.165, 1.54) is 0 Å². The summed E-state index contributed by atoms with van der Waals surface area (Å²) in [6.45, 7) is 4.51. The number of hydrogen-bond acceptors (Lipinski definition) is 4. The van der Waals surface area contributed by atoms with Gasteiger partial charge in [0.2, 0.25) is 0 Å². The van der Waals surface area contributed by atoms with Gasteiger partial charge >= 0.3 is 0 Å². The van der Waals surface area contributed by atoms with Gasteiger partial charge < -0.3 is 20.0 Å². The summed E-state index contributed by atoms with van der Waals surface area (Å²) >= 11 is 0. The summed E-state index contributed by atoms with van der Waals surface area (Å²) in [5.41, 5.74) is 6.73. The first-order chi connectivity index (χ1) is 11.1. The second-order valence-corrected chi connectivity index (χ2v) is 5.27. The average Bonchev–Trinajstić information content (AvgIpc) is 2.55. The molecule has 0 bridgehead atoms. The van der Waals surface area contributed by atoms with E-state index >= 15 is 0 Å². The van der Waals surface area contributed by atoms with Gasteiger partial charge in [0.25, 0.3) is 0 Å². The molecule has 0 aromatic heterocycles. The van der Waals surface area contributed by atoms with E-state index in [2.05, 4.69) is 5.16 Å². The zero-order valence-corrected chi connectivity index (χ0v) is 13.4. The summed E-state index contributed by atoms with van der Waals surface area (Å²) in [6.07, 6.45) is 0.158. The molecular formula is C18H22N2O3. The van der Waals surface area contributed by atoms with Crippen molar-refractivity contribution in [3.8, 4) is 11.5 Å². The van der Waals surface area contributed by atoms with Crippen LogP contribution in [0.4, 0.5) is 0 Å². The smallest absolute Gasteiger partial charge is 0.177 e. The number of hydrogen-bond donors (Lipinski definition) is 1. The number of rotatable bonds is 8. The maximum Gasteiger partial charge on any atom is 0.177 e. The zero-order chi connectivity index (χ0) is 16.5. The van der Waals surface area contributed by atoms with Gasteiger partial charge in [-0.15, -0.1) is 0 Å². The fraction of sp³-hybridized carbons (Fsp3) is 0.278. The third-order valence-electron chi connectivity index (χ3n) is 2.84. The summed E-state index contributed by atoms with van der Waals surface area (Å²) in [6, 6.07) is 17.1. The van der Waals surface area contributed by atoms with Crippen molar-refractivity contribution >= 4 is 5.84 Å². The predicted molar refractivity (Wildman–Crippen MR) is 90.6 cm³/mol. The summed E-state index contributed by atoms with van der Waals surface area (Å²) in [4.78, 5) is 5.23. The fourth-order valence-corrected chi connectivity index (χ4v) is 1.83. The number of benzene rings is 2. The molecule has 0 spiro atoms. The quantitative estimate of drug-likeness (QED) is 0.461. The van der Waals surface area contributed by atoms with Gasteiger partial charge in [-0.3, -0.25) is 0 Å². The molecule has 0 saturated heterocycles. The van der Waals surface area contributed by atoms with Crippen LogP contribution < -0.4 is 15.2 Å². The van der Waals surface area contributed by atoms with Gasteiger partial charge in [0.05, 0.1) is 6.10 Å². The van der Waals surface area contributed by atoms with Gasteiger partial charge in [-0.05, 0) is 43.7 Å². The lowest BCUT2D eigenvalue weighted by Gasteiger charge is -2.10. The molecule has 0 heterocycles. The number of ether oxygens (including phenoxy) is 2. The number of nitrogens with zero attached hydrogens (tertiary/aromatic N) is 1. The van der Waals surface area contributed by atoms with Crippen LogP contribution in [-0.2, 0) is 11.4 Å². The molecule has 122 valence electrons. The molecule has 0 amide bonds. The van der Waals surface area contributed by atoms with Gasteiger partial charge in [-0.2, -0.15) is 0 Å². The van der Waals surface area contributed by atoms with Crippen molar-refractivity contribution in [1.82, 2.24) is 0 Å². The molecule has 2 aromatic rings. The lowest BCUT2D eigenvalue weighted by atomic mass is 10.2. The molecule has 5 nitrogen and oxygen atoms in total. The Morgan fingerprint density at radius 2 is 1.70 bits per heavy atom. The highest BCUT2D eigenvalue weighted by molar-refractivity contribution is 5.81. The molecule has 0 aliphatic carbocycles. The van der Waals surface area contributed by atoms with Crippen molar-refractivity contribution in [3.05, 3.63) is 60.2 Å². The lowest BCUT2D eigenvalue weighted by Crippen LogP contribution is -2.21. The zero-order valence-electron chi connectivity index (χ0n) is 13.4. The van der Waals surface area contributed by atoms with Crippen LogP contribution in [0.1, 0.15) is 19.4 Å². The SMILES string of the molecule is CC(C)Oc1ccc(CO/N=C(/N)COc2ccccc2)cc1. The fourth-order valence-electron chi connectivity index (χ4n) is 1.83. The Morgan fingerprint density at radius 1 is 1.00 bits per heavy atom. The van der Waals surface area contributed by atoms with Crippen LogP contribution in [0.25, 0.3) is 0 Å². The Hall–Kier alpha value is -2.69. The first kappa shape index (κ1) is 16.7. The van der Waals surface area contributed by atoms with Gasteiger partial charge in [-0.1, -0.05) is 35.5 Å². The number of nitrogens with two attached hydrogens (primary N) is 1. The Balaban J connectivity index is 1.74. The van der Waals surface area contributed by atoms with Crippen LogP contribution in [-0.4, -0.2) is 18.5 Å².